The van der Waals surface area contributed by atoms with E-state index >= 15 is 0 Å². The van der Waals surface area contributed by atoms with Crippen LogP contribution in [-0.4, -0.2) is 42.3 Å². The number of methoxy groups -OCH3 is 1. The number of ether oxygens (including phenoxy) is 1. The number of hydrogen-bond donors (Lipinski definition) is 3. The highest BCUT2D eigenvalue weighted by Crippen LogP contribution is 2.30. The van der Waals surface area contributed by atoms with Gasteiger partial charge in [-0.25, -0.2) is 4.79 Å². The van der Waals surface area contributed by atoms with Gasteiger partial charge in [0.25, 0.3) is 0 Å². The molecule has 0 aromatic heterocycles. The third kappa shape index (κ3) is 3.19. The molecule has 0 saturated carbocycles. The van der Waals surface area contributed by atoms with Gasteiger partial charge in [-0.1, -0.05) is 26.0 Å². The molecule has 6 nitrogen and oxygen atoms in total. The van der Waals surface area contributed by atoms with Crippen molar-refractivity contribution in [3.63, 3.8) is 0 Å². The Hall–Kier alpha value is -1.40. The molecule has 1 aliphatic rings. The largest absolute Gasteiger partial charge is 0.467 e. The molecule has 0 aromatic carbocycles. The van der Waals surface area contributed by atoms with Crippen LogP contribution in [-0.2, 0) is 14.3 Å². The molecule has 0 heterocycles. The summed E-state index contributed by atoms with van der Waals surface area (Å²) in [6, 6.07) is -0.707. The van der Waals surface area contributed by atoms with Crippen LogP contribution in [0, 0.1) is 11.8 Å². The third-order valence-corrected chi connectivity index (χ3v) is 3.82. The van der Waals surface area contributed by atoms with Crippen molar-refractivity contribution < 1.29 is 19.4 Å². The van der Waals surface area contributed by atoms with E-state index in [1.807, 2.05) is 19.9 Å². The highest BCUT2D eigenvalue weighted by Gasteiger charge is 2.48. The molecular weight excluding hydrogens is 260 g/mol. The van der Waals surface area contributed by atoms with E-state index in [-0.39, 0.29) is 12.5 Å². The van der Waals surface area contributed by atoms with Crippen molar-refractivity contribution in [1.82, 2.24) is 5.32 Å². The second-order valence-corrected chi connectivity index (χ2v) is 5.48. The van der Waals surface area contributed by atoms with E-state index in [0.717, 1.165) is 0 Å². The van der Waals surface area contributed by atoms with E-state index < -0.39 is 29.4 Å². The van der Waals surface area contributed by atoms with Crippen LogP contribution in [0.3, 0.4) is 0 Å². The number of nitrogens with two attached hydrogens (primary N) is 1. The number of carbonyl (C=O) groups is 2. The smallest absolute Gasteiger partial charge is 0.332 e. The summed E-state index contributed by atoms with van der Waals surface area (Å²) >= 11 is 0. The van der Waals surface area contributed by atoms with E-state index in [0.29, 0.717) is 12.8 Å². The normalized spacial score (nSPS) is 27.2. The fourth-order valence-electron chi connectivity index (χ4n) is 2.39. The Morgan fingerprint density at radius 1 is 1.55 bits per heavy atom. The molecule has 20 heavy (non-hydrogen) atoms. The fraction of sp³-hybridized carbons (Fsp3) is 0.714. The van der Waals surface area contributed by atoms with Gasteiger partial charge in [-0.2, -0.15) is 0 Å². The van der Waals surface area contributed by atoms with Crippen molar-refractivity contribution in [3.8, 4) is 0 Å². The highest BCUT2D eigenvalue weighted by molar-refractivity contribution is 5.91. The maximum absolute atomic E-state index is 12.2. The minimum absolute atomic E-state index is 0.0450. The van der Waals surface area contributed by atoms with Crippen LogP contribution in [0.15, 0.2) is 12.2 Å². The van der Waals surface area contributed by atoms with Crippen molar-refractivity contribution in [1.29, 1.82) is 0 Å². The maximum Gasteiger partial charge on any atom is 0.332 e. The number of esters is 1. The van der Waals surface area contributed by atoms with Crippen molar-refractivity contribution >= 4 is 11.9 Å². The lowest BCUT2D eigenvalue weighted by molar-refractivity contribution is -0.154. The molecule has 1 amide bonds. The maximum atomic E-state index is 12.2. The lowest BCUT2D eigenvalue weighted by atomic mass is 9.76. The SMILES string of the molecule is COC(=O)[C@]1(NC(=O)[C@H](N)C(C)C)CCC=C[C@H]1CO. The molecule has 0 fully saturated rings. The van der Waals surface area contributed by atoms with Crippen molar-refractivity contribution in [3.05, 3.63) is 12.2 Å². The summed E-state index contributed by atoms with van der Waals surface area (Å²) in [5.41, 5.74) is 4.59. The summed E-state index contributed by atoms with van der Waals surface area (Å²) in [7, 11) is 1.27. The number of carbonyl (C=O) groups excluding carboxylic acids is 2. The number of aliphatic hydroxyl groups excluding tert-OH is 1. The average molecular weight is 284 g/mol. The van der Waals surface area contributed by atoms with Gasteiger partial charge < -0.3 is 20.9 Å². The highest BCUT2D eigenvalue weighted by atomic mass is 16.5. The minimum Gasteiger partial charge on any atom is -0.467 e. The number of aliphatic hydroxyl groups is 1. The van der Waals surface area contributed by atoms with E-state index in [1.165, 1.54) is 7.11 Å². The van der Waals surface area contributed by atoms with Gasteiger partial charge in [0.2, 0.25) is 5.91 Å². The van der Waals surface area contributed by atoms with Gasteiger partial charge >= 0.3 is 5.97 Å². The lowest BCUT2D eigenvalue weighted by Gasteiger charge is -2.39. The van der Waals surface area contributed by atoms with Gasteiger partial charge in [0.05, 0.1) is 19.8 Å². The zero-order chi connectivity index (χ0) is 15.3. The Kier molecular flexibility index (Phi) is 5.71. The molecule has 0 unspecified atom stereocenters. The number of nitrogens with one attached hydrogen (secondary N) is 1. The number of rotatable bonds is 5. The number of amides is 1. The van der Waals surface area contributed by atoms with Crippen LogP contribution >= 0.6 is 0 Å². The molecule has 4 N–H and O–H groups in total. The Labute approximate surface area is 119 Å². The Morgan fingerprint density at radius 3 is 2.70 bits per heavy atom. The van der Waals surface area contributed by atoms with Crippen molar-refractivity contribution in [2.75, 3.05) is 13.7 Å². The first-order valence-corrected chi connectivity index (χ1v) is 6.82. The fourth-order valence-corrected chi connectivity index (χ4v) is 2.39. The quantitative estimate of drug-likeness (QED) is 0.485. The Bertz CT molecular complexity index is 395. The Morgan fingerprint density at radius 2 is 2.20 bits per heavy atom. The van der Waals surface area contributed by atoms with Crippen LogP contribution in [0.25, 0.3) is 0 Å². The van der Waals surface area contributed by atoms with Gasteiger partial charge in [-0.3, -0.25) is 4.79 Å². The van der Waals surface area contributed by atoms with Crippen LogP contribution in [0.5, 0.6) is 0 Å². The van der Waals surface area contributed by atoms with Crippen molar-refractivity contribution in [2.24, 2.45) is 17.6 Å². The minimum atomic E-state index is -1.23. The van der Waals surface area contributed by atoms with Gasteiger partial charge in [-0.05, 0) is 18.8 Å². The van der Waals surface area contributed by atoms with Gasteiger partial charge in [0.1, 0.15) is 5.54 Å². The molecule has 114 valence electrons. The van der Waals surface area contributed by atoms with Crippen LogP contribution in [0.1, 0.15) is 26.7 Å². The van der Waals surface area contributed by atoms with E-state index in [1.54, 1.807) is 6.08 Å². The summed E-state index contributed by atoms with van der Waals surface area (Å²) < 4.78 is 4.83. The summed E-state index contributed by atoms with van der Waals surface area (Å²) in [5, 5.41) is 12.2. The predicted molar refractivity (Wildman–Crippen MR) is 74.7 cm³/mol. The molecule has 0 bridgehead atoms. The van der Waals surface area contributed by atoms with Gasteiger partial charge in [0, 0.05) is 5.92 Å². The molecular formula is C14H24N2O4. The predicted octanol–water partition coefficient (Wildman–Crippen LogP) is -0.0438. The molecule has 0 saturated heterocycles. The first kappa shape index (κ1) is 16.7. The zero-order valence-electron chi connectivity index (χ0n) is 12.3. The molecule has 1 aliphatic carbocycles. The number of allylic oxidation sites excluding steroid dienone is 1. The average Bonchev–Trinajstić information content (AvgIpc) is 2.45. The molecule has 0 aliphatic heterocycles. The molecule has 0 spiro atoms. The second-order valence-electron chi connectivity index (χ2n) is 5.48. The monoisotopic (exact) mass is 284 g/mol. The molecule has 3 atom stereocenters. The third-order valence-electron chi connectivity index (χ3n) is 3.82. The van der Waals surface area contributed by atoms with Crippen LogP contribution in [0.2, 0.25) is 0 Å². The summed E-state index contributed by atoms with van der Waals surface area (Å²) in [6.07, 6.45) is 4.64. The molecule has 6 heteroatoms. The molecule has 0 aromatic rings. The van der Waals surface area contributed by atoms with Crippen LogP contribution < -0.4 is 11.1 Å². The van der Waals surface area contributed by atoms with Gasteiger partial charge in [0.15, 0.2) is 0 Å². The summed E-state index contributed by atoms with van der Waals surface area (Å²) in [4.78, 5) is 24.4. The topological polar surface area (TPSA) is 102 Å². The van der Waals surface area contributed by atoms with E-state index in [9.17, 15) is 14.7 Å². The second kappa shape index (κ2) is 6.85. The Balaban J connectivity index is 3.04. The summed E-state index contributed by atoms with van der Waals surface area (Å²) in [6.45, 7) is 3.42. The lowest BCUT2D eigenvalue weighted by Crippen LogP contribution is -2.64. The van der Waals surface area contributed by atoms with Gasteiger partial charge in [-0.15, -0.1) is 0 Å². The summed E-state index contributed by atoms with van der Waals surface area (Å²) in [5.74, 6) is -1.51. The first-order chi connectivity index (χ1) is 9.39. The van der Waals surface area contributed by atoms with E-state index in [4.69, 9.17) is 10.5 Å². The van der Waals surface area contributed by atoms with Crippen molar-refractivity contribution in [2.45, 2.75) is 38.3 Å². The standard InChI is InChI=1S/C14H24N2O4/c1-9(2)11(15)12(18)16-14(13(19)20-3)7-5-4-6-10(14)8-17/h4,6,9-11,17H,5,7-8,15H2,1-3H3,(H,16,18)/t10-,11+,14-/m0/s1. The number of hydrogen-bond acceptors (Lipinski definition) is 5. The molecule has 0 radical (unpaired) electrons. The first-order valence-electron chi connectivity index (χ1n) is 6.82. The van der Waals surface area contributed by atoms with E-state index in [2.05, 4.69) is 5.32 Å². The molecule has 1 rings (SSSR count). The van der Waals surface area contributed by atoms with Crippen LogP contribution in [0.4, 0.5) is 0 Å². The zero-order valence-corrected chi connectivity index (χ0v) is 12.3.